The van der Waals surface area contributed by atoms with Crippen molar-refractivity contribution in [3.05, 3.63) is 34.3 Å². The van der Waals surface area contributed by atoms with Crippen LogP contribution in [0.1, 0.15) is 18.4 Å². The van der Waals surface area contributed by atoms with Crippen LogP contribution in [0.4, 0.5) is 0 Å². The maximum absolute atomic E-state index is 11.3. The lowest BCUT2D eigenvalue weighted by Gasteiger charge is -2.02. The first kappa shape index (κ1) is 10.6. The van der Waals surface area contributed by atoms with Gasteiger partial charge in [-0.05, 0) is 43.5 Å². The van der Waals surface area contributed by atoms with E-state index in [2.05, 4.69) is 11.4 Å². The highest BCUT2D eigenvalue weighted by molar-refractivity contribution is 5.73. The second-order valence-corrected chi connectivity index (χ2v) is 4.71. The van der Waals surface area contributed by atoms with Crippen LogP contribution in [0.25, 0.3) is 11.1 Å². The summed E-state index contributed by atoms with van der Waals surface area (Å²) in [6.07, 6.45) is 3.60. The summed E-state index contributed by atoms with van der Waals surface area (Å²) in [4.78, 5) is 11.3. The van der Waals surface area contributed by atoms with Crippen LogP contribution < -0.4 is 11.1 Å². The van der Waals surface area contributed by atoms with Gasteiger partial charge in [0.05, 0.1) is 5.52 Å². The van der Waals surface area contributed by atoms with E-state index in [1.54, 1.807) is 7.05 Å². The van der Waals surface area contributed by atoms with E-state index in [0.717, 1.165) is 24.5 Å². The third kappa shape index (κ3) is 2.13. The summed E-state index contributed by atoms with van der Waals surface area (Å²) < 4.78 is 6.70. The fourth-order valence-electron chi connectivity index (χ4n) is 2.04. The van der Waals surface area contributed by atoms with Crippen molar-refractivity contribution < 1.29 is 4.42 Å². The Morgan fingerprint density at radius 3 is 3.06 bits per heavy atom. The van der Waals surface area contributed by atoms with Crippen LogP contribution in [-0.4, -0.2) is 17.2 Å². The number of nitrogens with zero attached hydrogens (tertiary/aromatic N) is 1. The first-order valence-corrected chi connectivity index (χ1v) is 6.06. The van der Waals surface area contributed by atoms with Crippen molar-refractivity contribution in [1.82, 2.24) is 9.88 Å². The van der Waals surface area contributed by atoms with E-state index in [-0.39, 0.29) is 5.76 Å². The Labute approximate surface area is 99.2 Å². The minimum absolute atomic E-state index is 0.298. The number of aromatic nitrogens is 1. The number of hydrogen-bond acceptors (Lipinski definition) is 3. The zero-order valence-corrected chi connectivity index (χ0v) is 9.90. The SMILES string of the molecule is Cn1c(=O)oc2cc(CCNC3CC3)ccc21. The Morgan fingerprint density at radius 2 is 2.29 bits per heavy atom. The minimum atomic E-state index is -0.298. The molecule has 1 saturated carbocycles. The van der Waals surface area contributed by atoms with Crippen LogP contribution in [0.5, 0.6) is 0 Å². The molecule has 0 saturated heterocycles. The summed E-state index contributed by atoms with van der Waals surface area (Å²) in [5.41, 5.74) is 2.75. The fourth-order valence-corrected chi connectivity index (χ4v) is 2.04. The number of oxazole rings is 1. The van der Waals surface area contributed by atoms with Crippen molar-refractivity contribution in [3.63, 3.8) is 0 Å². The van der Waals surface area contributed by atoms with Gasteiger partial charge in [-0.3, -0.25) is 4.57 Å². The van der Waals surface area contributed by atoms with Crippen molar-refractivity contribution >= 4 is 11.1 Å². The molecular weight excluding hydrogens is 216 g/mol. The zero-order chi connectivity index (χ0) is 11.8. The molecule has 1 aromatic heterocycles. The Hall–Kier alpha value is -1.55. The lowest BCUT2D eigenvalue weighted by atomic mass is 10.1. The molecule has 2 aromatic rings. The monoisotopic (exact) mass is 232 g/mol. The number of nitrogens with one attached hydrogen (secondary N) is 1. The molecule has 1 aliphatic carbocycles. The lowest BCUT2D eigenvalue weighted by Crippen LogP contribution is -2.19. The van der Waals surface area contributed by atoms with E-state index < -0.39 is 0 Å². The molecule has 1 heterocycles. The van der Waals surface area contributed by atoms with Gasteiger partial charge in [0.15, 0.2) is 5.58 Å². The molecule has 1 aromatic carbocycles. The van der Waals surface area contributed by atoms with Crippen molar-refractivity contribution in [3.8, 4) is 0 Å². The second-order valence-electron chi connectivity index (χ2n) is 4.71. The Morgan fingerprint density at radius 1 is 1.47 bits per heavy atom. The van der Waals surface area contributed by atoms with Crippen LogP contribution in [0.3, 0.4) is 0 Å². The van der Waals surface area contributed by atoms with Crippen molar-refractivity contribution in [2.45, 2.75) is 25.3 Å². The summed E-state index contributed by atoms with van der Waals surface area (Å²) in [5.74, 6) is -0.298. The number of fused-ring (bicyclic) bond motifs is 1. The topological polar surface area (TPSA) is 47.2 Å². The first-order valence-electron chi connectivity index (χ1n) is 6.06. The van der Waals surface area contributed by atoms with Crippen molar-refractivity contribution in [2.75, 3.05) is 6.54 Å². The minimum Gasteiger partial charge on any atom is -0.408 e. The summed E-state index contributed by atoms with van der Waals surface area (Å²) in [7, 11) is 1.72. The van der Waals surface area contributed by atoms with Crippen molar-refractivity contribution in [1.29, 1.82) is 0 Å². The van der Waals surface area contributed by atoms with Gasteiger partial charge in [0, 0.05) is 13.1 Å². The zero-order valence-electron chi connectivity index (χ0n) is 9.90. The highest BCUT2D eigenvalue weighted by Crippen LogP contribution is 2.19. The molecule has 1 aliphatic rings. The third-order valence-corrected chi connectivity index (χ3v) is 3.28. The maximum atomic E-state index is 11.3. The van der Waals surface area contributed by atoms with E-state index in [0.29, 0.717) is 5.58 Å². The molecular formula is C13H16N2O2. The van der Waals surface area contributed by atoms with Gasteiger partial charge >= 0.3 is 5.76 Å². The van der Waals surface area contributed by atoms with Gasteiger partial charge in [-0.1, -0.05) is 6.07 Å². The number of rotatable bonds is 4. The summed E-state index contributed by atoms with van der Waals surface area (Å²) in [6.45, 7) is 0.993. The Bertz CT molecular complexity index is 593. The predicted molar refractivity (Wildman–Crippen MR) is 66.2 cm³/mol. The van der Waals surface area contributed by atoms with Gasteiger partial charge in [-0.25, -0.2) is 4.79 Å². The van der Waals surface area contributed by atoms with Gasteiger partial charge < -0.3 is 9.73 Å². The summed E-state index contributed by atoms with van der Waals surface area (Å²) in [6, 6.07) is 6.72. The molecule has 0 atom stereocenters. The first-order chi connectivity index (χ1) is 8.24. The van der Waals surface area contributed by atoms with E-state index in [1.165, 1.54) is 23.0 Å². The molecule has 4 heteroatoms. The lowest BCUT2D eigenvalue weighted by molar-refractivity contribution is 0.527. The van der Waals surface area contributed by atoms with Crippen LogP contribution in [0.2, 0.25) is 0 Å². The molecule has 1 fully saturated rings. The molecule has 4 nitrogen and oxygen atoms in total. The molecule has 0 amide bonds. The molecule has 0 bridgehead atoms. The molecule has 0 unspecified atom stereocenters. The second kappa shape index (κ2) is 4.04. The Kier molecular flexibility index (Phi) is 2.52. The van der Waals surface area contributed by atoms with E-state index in [9.17, 15) is 4.79 Å². The van der Waals surface area contributed by atoms with E-state index in [4.69, 9.17) is 4.42 Å². The number of hydrogen-bond donors (Lipinski definition) is 1. The van der Waals surface area contributed by atoms with Gasteiger partial charge in [0.1, 0.15) is 0 Å². The highest BCUT2D eigenvalue weighted by atomic mass is 16.4. The molecule has 3 rings (SSSR count). The highest BCUT2D eigenvalue weighted by Gasteiger charge is 2.19. The smallest absolute Gasteiger partial charge is 0.408 e. The fraction of sp³-hybridized carbons (Fsp3) is 0.462. The molecule has 0 aliphatic heterocycles. The average Bonchev–Trinajstić information content (AvgIpc) is 3.08. The quantitative estimate of drug-likeness (QED) is 0.867. The summed E-state index contributed by atoms with van der Waals surface area (Å²) >= 11 is 0. The molecule has 17 heavy (non-hydrogen) atoms. The van der Waals surface area contributed by atoms with Crippen LogP contribution in [0, 0.1) is 0 Å². The van der Waals surface area contributed by atoms with Gasteiger partial charge in [-0.2, -0.15) is 0 Å². The molecule has 0 radical (unpaired) electrons. The molecule has 0 spiro atoms. The molecule has 90 valence electrons. The standard InChI is InChI=1S/C13H16N2O2/c1-15-11-5-2-9(6-7-14-10-3-4-10)8-12(11)17-13(15)16/h2,5,8,10,14H,3-4,6-7H2,1H3. The normalized spacial score (nSPS) is 15.6. The van der Waals surface area contributed by atoms with Gasteiger partial charge in [0.25, 0.3) is 0 Å². The van der Waals surface area contributed by atoms with Gasteiger partial charge in [0.2, 0.25) is 0 Å². The van der Waals surface area contributed by atoms with Crippen LogP contribution in [-0.2, 0) is 13.5 Å². The Balaban J connectivity index is 1.78. The maximum Gasteiger partial charge on any atom is 0.419 e. The predicted octanol–water partition coefficient (Wildman–Crippen LogP) is 1.43. The third-order valence-electron chi connectivity index (χ3n) is 3.28. The molecule has 1 N–H and O–H groups in total. The van der Waals surface area contributed by atoms with E-state index >= 15 is 0 Å². The average molecular weight is 232 g/mol. The number of aryl methyl sites for hydroxylation is 1. The summed E-state index contributed by atoms with van der Waals surface area (Å²) in [5, 5.41) is 3.47. The van der Waals surface area contributed by atoms with Gasteiger partial charge in [-0.15, -0.1) is 0 Å². The van der Waals surface area contributed by atoms with Crippen LogP contribution >= 0.6 is 0 Å². The van der Waals surface area contributed by atoms with E-state index in [1.807, 2.05) is 12.1 Å². The van der Waals surface area contributed by atoms with Crippen molar-refractivity contribution in [2.24, 2.45) is 7.05 Å². The largest absolute Gasteiger partial charge is 0.419 e. The number of benzene rings is 1. The van der Waals surface area contributed by atoms with Crippen LogP contribution in [0.15, 0.2) is 27.4 Å².